The van der Waals surface area contributed by atoms with Crippen LogP contribution in [0, 0.1) is 0 Å². The molecule has 15 heavy (non-hydrogen) atoms. The highest BCUT2D eigenvalue weighted by molar-refractivity contribution is 9.09. The van der Waals surface area contributed by atoms with Crippen LogP contribution < -0.4 is 4.57 Å². The van der Waals surface area contributed by atoms with E-state index in [0.717, 1.165) is 12.3 Å². The summed E-state index contributed by atoms with van der Waals surface area (Å²) < 4.78 is 4.70. The maximum atomic E-state index is 3.70. The molecule has 78 valence electrons. The van der Waals surface area contributed by atoms with Crippen LogP contribution in [0.15, 0.2) is 29.4 Å². The van der Waals surface area contributed by atoms with Crippen LogP contribution in [0.3, 0.4) is 0 Å². The Labute approximate surface area is 101 Å². The number of imidazole rings is 1. The fourth-order valence-corrected chi connectivity index (χ4v) is 3.87. The average Bonchev–Trinajstić information content (AvgIpc) is 2.54. The van der Waals surface area contributed by atoms with Gasteiger partial charge < -0.3 is 0 Å². The molecule has 0 fully saturated rings. The lowest BCUT2D eigenvalue weighted by Gasteiger charge is -2.13. The standard InChI is InChI=1S/C11H12BrN2S/c1-13-9-4-2-3-5-10(9)14-6-8(12)7-15-11(13)14/h2-5,8H,6-7H2,1H3/q+1. The summed E-state index contributed by atoms with van der Waals surface area (Å²) in [5.74, 6) is 1.16. The number of alkyl halides is 1. The van der Waals surface area contributed by atoms with Crippen molar-refractivity contribution in [3.8, 4) is 0 Å². The number of thioether (sulfide) groups is 1. The summed E-state index contributed by atoms with van der Waals surface area (Å²) >= 11 is 5.63. The molecule has 3 rings (SSSR count). The smallest absolute Gasteiger partial charge is 0.220 e. The monoisotopic (exact) mass is 283 g/mol. The van der Waals surface area contributed by atoms with Gasteiger partial charge in [-0.2, -0.15) is 0 Å². The number of hydrogen-bond donors (Lipinski definition) is 0. The van der Waals surface area contributed by atoms with Gasteiger partial charge in [-0.25, -0.2) is 9.13 Å². The van der Waals surface area contributed by atoms with Gasteiger partial charge in [0.05, 0.1) is 11.9 Å². The second-order valence-corrected chi connectivity index (χ2v) is 6.13. The van der Waals surface area contributed by atoms with Gasteiger partial charge >= 0.3 is 5.16 Å². The van der Waals surface area contributed by atoms with Crippen LogP contribution in [0.2, 0.25) is 0 Å². The van der Waals surface area contributed by atoms with Crippen molar-refractivity contribution in [3.63, 3.8) is 0 Å². The van der Waals surface area contributed by atoms with E-state index in [0.29, 0.717) is 4.83 Å². The highest BCUT2D eigenvalue weighted by Gasteiger charge is 2.29. The van der Waals surface area contributed by atoms with Gasteiger partial charge in [0, 0.05) is 5.75 Å². The van der Waals surface area contributed by atoms with E-state index in [-0.39, 0.29) is 0 Å². The largest absolute Gasteiger partial charge is 0.318 e. The third kappa shape index (κ3) is 1.42. The fourth-order valence-electron chi connectivity index (χ4n) is 2.13. The number of benzene rings is 1. The van der Waals surface area contributed by atoms with E-state index in [4.69, 9.17) is 0 Å². The van der Waals surface area contributed by atoms with Crippen LogP contribution in [0.4, 0.5) is 0 Å². The van der Waals surface area contributed by atoms with Crippen molar-refractivity contribution in [2.45, 2.75) is 16.5 Å². The molecule has 2 aromatic rings. The molecule has 2 heterocycles. The molecule has 1 aromatic carbocycles. The first-order valence-electron chi connectivity index (χ1n) is 5.01. The van der Waals surface area contributed by atoms with Crippen molar-refractivity contribution in [1.29, 1.82) is 0 Å². The summed E-state index contributed by atoms with van der Waals surface area (Å²) in [5.41, 5.74) is 2.66. The van der Waals surface area contributed by atoms with E-state index in [1.54, 1.807) is 0 Å². The third-order valence-electron chi connectivity index (χ3n) is 2.83. The molecule has 0 aliphatic carbocycles. The second kappa shape index (κ2) is 3.52. The first-order valence-corrected chi connectivity index (χ1v) is 6.91. The van der Waals surface area contributed by atoms with Gasteiger partial charge in [0.15, 0.2) is 11.0 Å². The highest BCUT2D eigenvalue weighted by atomic mass is 79.9. The summed E-state index contributed by atoms with van der Waals surface area (Å²) in [5, 5.41) is 1.37. The lowest BCUT2D eigenvalue weighted by atomic mass is 10.3. The normalized spacial score (nSPS) is 20.5. The Balaban J connectivity index is 2.33. The molecule has 4 heteroatoms. The Bertz CT molecular complexity index is 521. The van der Waals surface area contributed by atoms with Gasteiger partial charge in [0.2, 0.25) is 0 Å². The highest BCUT2D eigenvalue weighted by Crippen LogP contribution is 2.29. The molecule has 1 aliphatic rings. The number of para-hydroxylation sites is 2. The number of rotatable bonds is 0. The van der Waals surface area contributed by atoms with Gasteiger partial charge in [-0.05, 0) is 23.9 Å². The van der Waals surface area contributed by atoms with E-state index < -0.39 is 0 Å². The summed E-state index contributed by atoms with van der Waals surface area (Å²) in [7, 11) is 2.15. The van der Waals surface area contributed by atoms with E-state index >= 15 is 0 Å². The molecule has 1 aliphatic heterocycles. The molecule has 1 unspecified atom stereocenters. The summed E-state index contributed by atoms with van der Waals surface area (Å²) in [6.45, 7) is 1.07. The minimum absolute atomic E-state index is 0.589. The maximum Gasteiger partial charge on any atom is 0.318 e. The van der Waals surface area contributed by atoms with E-state index in [2.05, 4.69) is 56.4 Å². The lowest BCUT2D eigenvalue weighted by molar-refractivity contribution is -0.685. The molecule has 2 nitrogen and oxygen atoms in total. The topological polar surface area (TPSA) is 8.81 Å². The van der Waals surface area contributed by atoms with Gasteiger partial charge in [0.25, 0.3) is 0 Å². The number of fused-ring (bicyclic) bond motifs is 3. The molecule has 0 saturated heterocycles. The molecular weight excluding hydrogens is 272 g/mol. The van der Waals surface area contributed by atoms with Crippen molar-refractivity contribution in [3.05, 3.63) is 24.3 Å². The van der Waals surface area contributed by atoms with Crippen molar-refractivity contribution in [2.75, 3.05) is 5.75 Å². The zero-order chi connectivity index (χ0) is 10.4. The van der Waals surface area contributed by atoms with Gasteiger partial charge in [-0.1, -0.05) is 28.1 Å². The molecule has 0 amide bonds. The lowest BCUT2D eigenvalue weighted by Crippen LogP contribution is -2.33. The van der Waals surface area contributed by atoms with Crippen molar-refractivity contribution in [1.82, 2.24) is 4.57 Å². The Morgan fingerprint density at radius 2 is 2.27 bits per heavy atom. The first kappa shape index (κ1) is 9.73. The van der Waals surface area contributed by atoms with Crippen molar-refractivity contribution < 1.29 is 4.57 Å². The Hall–Kier alpha value is -0.480. The molecule has 0 spiro atoms. The number of hydrogen-bond acceptors (Lipinski definition) is 1. The molecule has 0 N–H and O–H groups in total. The molecule has 0 saturated carbocycles. The van der Waals surface area contributed by atoms with E-state index in [1.807, 2.05) is 11.8 Å². The Kier molecular flexibility index (Phi) is 2.29. The number of nitrogens with zero attached hydrogens (tertiary/aromatic N) is 2. The summed E-state index contributed by atoms with van der Waals surface area (Å²) in [6.07, 6.45) is 0. The molecule has 1 atom stereocenters. The van der Waals surface area contributed by atoms with Gasteiger partial charge in [-0.15, -0.1) is 0 Å². The zero-order valence-electron chi connectivity index (χ0n) is 8.48. The molecule has 0 bridgehead atoms. The fraction of sp³-hybridized carbons (Fsp3) is 0.364. The van der Waals surface area contributed by atoms with Gasteiger partial charge in [0.1, 0.15) is 6.54 Å². The Morgan fingerprint density at radius 3 is 3.13 bits per heavy atom. The summed E-state index contributed by atoms with van der Waals surface area (Å²) in [4.78, 5) is 0.589. The quantitative estimate of drug-likeness (QED) is 0.533. The number of halogens is 1. The van der Waals surface area contributed by atoms with Crippen molar-refractivity contribution in [2.24, 2.45) is 7.05 Å². The SMILES string of the molecule is C[n+]1c2n(c3ccccc31)CC(Br)CS2. The molecular formula is C11H12BrN2S+. The van der Waals surface area contributed by atoms with E-state index in [1.165, 1.54) is 16.2 Å². The minimum Gasteiger partial charge on any atom is -0.220 e. The first-order chi connectivity index (χ1) is 7.27. The van der Waals surface area contributed by atoms with E-state index in [9.17, 15) is 0 Å². The predicted molar refractivity (Wildman–Crippen MR) is 66.6 cm³/mol. The summed E-state index contributed by atoms with van der Waals surface area (Å²) in [6, 6.07) is 8.59. The minimum atomic E-state index is 0.589. The van der Waals surface area contributed by atoms with Crippen molar-refractivity contribution >= 4 is 38.7 Å². The van der Waals surface area contributed by atoms with Crippen LogP contribution in [-0.2, 0) is 13.6 Å². The maximum absolute atomic E-state index is 3.70. The third-order valence-corrected chi connectivity index (χ3v) is 5.19. The number of aromatic nitrogens is 2. The average molecular weight is 284 g/mol. The van der Waals surface area contributed by atoms with Crippen LogP contribution in [0.25, 0.3) is 11.0 Å². The zero-order valence-corrected chi connectivity index (χ0v) is 10.9. The molecule has 0 radical (unpaired) electrons. The van der Waals surface area contributed by atoms with Crippen LogP contribution >= 0.6 is 27.7 Å². The van der Waals surface area contributed by atoms with Crippen LogP contribution in [-0.4, -0.2) is 15.1 Å². The molecule has 1 aromatic heterocycles. The Morgan fingerprint density at radius 1 is 1.47 bits per heavy atom. The second-order valence-electron chi connectivity index (χ2n) is 3.85. The number of aryl methyl sites for hydroxylation is 1. The predicted octanol–water partition coefficient (Wildman–Crippen LogP) is 2.33. The van der Waals surface area contributed by atoms with Crippen LogP contribution in [0.1, 0.15) is 0 Å². The van der Waals surface area contributed by atoms with Gasteiger partial charge in [-0.3, -0.25) is 0 Å². The van der Waals surface area contributed by atoms with Crippen LogP contribution in [0.5, 0.6) is 0 Å².